The van der Waals surface area contributed by atoms with Crippen LogP contribution in [0, 0.1) is 5.92 Å². The molecule has 4 nitrogen and oxygen atoms in total. The zero-order chi connectivity index (χ0) is 15.9. The van der Waals surface area contributed by atoms with Crippen LogP contribution < -0.4 is 10.6 Å². The van der Waals surface area contributed by atoms with Gasteiger partial charge in [0.25, 0.3) is 5.91 Å². The summed E-state index contributed by atoms with van der Waals surface area (Å²) in [5.41, 5.74) is 1.59. The Balaban J connectivity index is 1.66. The lowest BCUT2D eigenvalue weighted by atomic mass is 10.1. The lowest BCUT2D eigenvalue weighted by Crippen LogP contribution is -2.29. The minimum atomic E-state index is -2.62. The molecule has 1 aromatic carbocycles. The van der Waals surface area contributed by atoms with E-state index in [-0.39, 0.29) is 48.2 Å². The van der Waals surface area contributed by atoms with E-state index in [1.807, 2.05) is 0 Å². The van der Waals surface area contributed by atoms with E-state index in [0.29, 0.717) is 17.7 Å². The van der Waals surface area contributed by atoms with E-state index >= 15 is 0 Å². The van der Waals surface area contributed by atoms with Gasteiger partial charge < -0.3 is 10.6 Å². The Bertz CT molecular complexity index is 649. The highest BCUT2D eigenvalue weighted by molar-refractivity contribution is 6.34. The maximum Gasteiger partial charge on any atom is 0.252 e. The van der Waals surface area contributed by atoms with Crippen LogP contribution >= 0.6 is 11.6 Å². The van der Waals surface area contributed by atoms with E-state index < -0.39 is 11.8 Å². The molecular formula is C15H15ClF2N2O2. The van der Waals surface area contributed by atoms with Gasteiger partial charge in [0.15, 0.2) is 0 Å². The van der Waals surface area contributed by atoms with Crippen molar-refractivity contribution in [3.05, 3.63) is 28.3 Å². The van der Waals surface area contributed by atoms with E-state index in [1.54, 1.807) is 12.1 Å². The molecule has 0 saturated heterocycles. The number of hydrogen-bond donors (Lipinski definition) is 2. The van der Waals surface area contributed by atoms with Crippen molar-refractivity contribution in [3.8, 4) is 0 Å². The van der Waals surface area contributed by atoms with Gasteiger partial charge in [-0.25, -0.2) is 8.78 Å². The van der Waals surface area contributed by atoms with Gasteiger partial charge in [-0.2, -0.15) is 0 Å². The first kappa shape index (κ1) is 15.2. The highest BCUT2D eigenvalue weighted by atomic mass is 35.5. The Morgan fingerprint density at radius 3 is 2.91 bits per heavy atom. The van der Waals surface area contributed by atoms with Crippen LogP contribution in [0.25, 0.3) is 0 Å². The minimum Gasteiger partial charge on any atom is -0.352 e. The summed E-state index contributed by atoms with van der Waals surface area (Å²) in [6, 6.07) is 3.12. The number of carbonyl (C=O) groups excluding carboxylic acids is 2. The van der Waals surface area contributed by atoms with Gasteiger partial charge in [0.05, 0.1) is 17.0 Å². The van der Waals surface area contributed by atoms with Crippen molar-refractivity contribution in [1.29, 1.82) is 0 Å². The van der Waals surface area contributed by atoms with E-state index in [0.717, 1.165) is 0 Å². The van der Waals surface area contributed by atoms with Gasteiger partial charge in [0, 0.05) is 25.1 Å². The number of rotatable bonds is 3. The van der Waals surface area contributed by atoms with Crippen molar-refractivity contribution in [3.63, 3.8) is 0 Å². The Morgan fingerprint density at radius 1 is 1.45 bits per heavy atom. The number of alkyl halides is 2. The van der Waals surface area contributed by atoms with Crippen molar-refractivity contribution in [2.75, 3.05) is 11.9 Å². The van der Waals surface area contributed by atoms with Crippen LogP contribution in [-0.4, -0.2) is 24.3 Å². The zero-order valence-corrected chi connectivity index (χ0v) is 12.5. The maximum absolute atomic E-state index is 13.1. The second kappa shape index (κ2) is 5.50. The minimum absolute atomic E-state index is 0.124. The zero-order valence-electron chi connectivity index (χ0n) is 11.7. The topological polar surface area (TPSA) is 58.2 Å². The van der Waals surface area contributed by atoms with Crippen molar-refractivity contribution in [2.45, 2.75) is 31.6 Å². The van der Waals surface area contributed by atoms with Gasteiger partial charge >= 0.3 is 0 Å². The van der Waals surface area contributed by atoms with E-state index in [1.165, 1.54) is 0 Å². The molecular weight excluding hydrogens is 314 g/mol. The molecule has 2 N–H and O–H groups in total. The fraction of sp³-hybridized carbons (Fsp3) is 0.467. The molecule has 1 fully saturated rings. The first-order valence-electron chi connectivity index (χ1n) is 7.12. The molecule has 2 amide bonds. The van der Waals surface area contributed by atoms with Gasteiger partial charge in [-0.3, -0.25) is 9.59 Å². The first-order valence-corrected chi connectivity index (χ1v) is 7.50. The highest BCUT2D eigenvalue weighted by Gasteiger charge is 2.39. The summed E-state index contributed by atoms with van der Waals surface area (Å²) in [6.45, 7) is 0.207. The summed E-state index contributed by atoms with van der Waals surface area (Å²) in [5.74, 6) is -3.37. The summed E-state index contributed by atoms with van der Waals surface area (Å²) < 4.78 is 26.2. The predicted molar refractivity (Wildman–Crippen MR) is 78.4 cm³/mol. The Kier molecular flexibility index (Phi) is 3.80. The Morgan fingerprint density at radius 2 is 2.23 bits per heavy atom. The second-order valence-electron chi connectivity index (χ2n) is 5.89. The second-order valence-corrected chi connectivity index (χ2v) is 6.30. The van der Waals surface area contributed by atoms with Crippen molar-refractivity contribution in [2.24, 2.45) is 5.92 Å². The molecule has 0 bridgehead atoms. The van der Waals surface area contributed by atoms with Gasteiger partial charge in [-0.1, -0.05) is 11.6 Å². The molecule has 2 aliphatic rings. The number of anilines is 1. The third-order valence-electron chi connectivity index (χ3n) is 4.12. The summed E-state index contributed by atoms with van der Waals surface area (Å²) >= 11 is 6.06. The van der Waals surface area contributed by atoms with E-state index in [9.17, 15) is 18.4 Å². The number of hydrogen-bond acceptors (Lipinski definition) is 2. The maximum atomic E-state index is 13.1. The molecule has 1 atom stereocenters. The molecule has 0 spiro atoms. The highest BCUT2D eigenvalue weighted by Crippen LogP contribution is 2.38. The van der Waals surface area contributed by atoms with Crippen LogP contribution in [0.3, 0.4) is 0 Å². The van der Waals surface area contributed by atoms with E-state index in [2.05, 4.69) is 10.6 Å². The van der Waals surface area contributed by atoms with Crippen LogP contribution in [0.4, 0.5) is 14.5 Å². The van der Waals surface area contributed by atoms with Gasteiger partial charge in [0.2, 0.25) is 11.8 Å². The smallest absolute Gasteiger partial charge is 0.252 e. The fourth-order valence-electron chi connectivity index (χ4n) is 2.97. The normalized spacial score (nSPS) is 22.3. The number of amides is 2. The molecule has 1 saturated carbocycles. The average molecular weight is 329 g/mol. The standard InChI is InChI=1S/C15H15ClF2N2O2/c16-11-5-12-9(4-13(21)20-12)3-10(11)14(22)19-7-8-1-2-15(17,18)6-8/h3,5,8H,1-2,4,6-7H2,(H,19,22)(H,20,21). The van der Waals surface area contributed by atoms with Gasteiger partial charge in [0.1, 0.15) is 0 Å². The van der Waals surface area contributed by atoms with Crippen molar-refractivity contribution >= 4 is 29.1 Å². The van der Waals surface area contributed by atoms with Gasteiger partial charge in [-0.15, -0.1) is 0 Å². The van der Waals surface area contributed by atoms with Crippen LogP contribution in [0.2, 0.25) is 5.02 Å². The number of nitrogens with one attached hydrogen (secondary N) is 2. The summed E-state index contributed by atoms with van der Waals surface area (Å²) in [4.78, 5) is 23.5. The molecule has 1 unspecified atom stereocenters. The van der Waals surface area contributed by atoms with Crippen LogP contribution in [0.15, 0.2) is 12.1 Å². The molecule has 7 heteroatoms. The number of carbonyl (C=O) groups is 2. The van der Waals surface area contributed by atoms with Crippen LogP contribution in [-0.2, 0) is 11.2 Å². The Labute approximate surface area is 131 Å². The molecule has 0 aromatic heterocycles. The SMILES string of the molecule is O=C1Cc2cc(C(=O)NCC3CCC(F)(F)C3)c(Cl)cc2N1. The lowest BCUT2D eigenvalue weighted by Gasteiger charge is -2.13. The third-order valence-corrected chi connectivity index (χ3v) is 4.43. The monoisotopic (exact) mass is 328 g/mol. The summed E-state index contributed by atoms with van der Waals surface area (Å²) in [6.07, 6.45) is 0.301. The molecule has 1 aliphatic heterocycles. The third kappa shape index (κ3) is 3.06. The number of fused-ring (bicyclic) bond motifs is 1. The number of benzene rings is 1. The number of halogens is 3. The molecule has 1 aromatic rings. The Hall–Kier alpha value is -1.69. The van der Waals surface area contributed by atoms with Crippen molar-refractivity contribution in [1.82, 2.24) is 5.32 Å². The molecule has 0 radical (unpaired) electrons. The largest absolute Gasteiger partial charge is 0.352 e. The van der Waals surface area contributed by atoms with Gasteiger partial charge in [-0.05, 0) is 30.0 Å². The summed E-state index contributed by atoms with van der Waals surface area (Å²) in [7, 11) is 0. The summed E-state index contributed by atoms with van der Waals surface area (Å²) in [5, 5.41) is 5.54. The lowest BCUT2D eigenvalue weighted by molar-refractivity contribution is -0.115. The average Bonchev–Trinajstić information content (AvgIpc) is 2.96. The predicted octanol–water partition coefficient (Wildman–Crippen LogP) is 3.00. The fourth-order valence-corrected chi connectivity index (χ4v) is 3.22. The quantitative estimate of drug-likeness (QED) is 0.896. The molecule has 3 rings (SSSR count). The molecule has 1 heterocycles. The first-order chi connectivity index (χ1) is 10.3. The van der Waals surface area contributed by atoms with Crippen LogP contribution in [0.1, 0.15) is 35.2 Å². The molecule has 22 heavy (non-hydrogen) atoms. The molecule has 1 aliphatic carbocycles. The van der Waals surface area contributed by atoms with Crippen LogP contribution in [0.5, 0.6) is 0 Å². The van der Waals surface area contributed by atoms with Crippen molar-refractivity contribution < 1.29 is 18.4 Å². The van der Waals surface area contributed by atoms with E-state index in [4.69, 9.17) is 11.6 Å². The molecule has 118 valence electrons.